The van der Waals surface area contributed by atoms with Crippen molar-refractivity contribution in [2.24, 2.45) is 0 Å². The number of rotatable bonds is 5. The number of furan rings is 1. The van der Waals surface area contributed by atoms with Gasteiger partial charge in [0.25, 0.3) is 0 Å². The van der Waals surface area contributed by atoms with Gasteiger partial charge in [0, 0.05) is 68.2 Å². The molecule has 3 aromatic heterocycles. The molecule has 2 nitrogen and oxygen atoms in total. The van der Waals surface area contributed by atoms with Crippen LogP contribution in [0.2, 0.25) is 0 Å². The fourth-order valence-corrected chi connectivity index (χ4v) is 9.94. The fraction of sp³-hybridized carbons (Fsp3) is 0. The van der Waals surface area contributed by atoms with Crippen LogP contribution in [0.15, 0.2) is 180 Å². The largest absolute Gasteiger partial charge is 0.456 e. The molecule has 0 radical (unpaired) electrons. The van der Waals surface area contributed by atoms with E-state index >= 15 is 0 Å². The highest BCUT2D eigenvalue weighted by molar-refractivity contribution is 7.26. The van der Waals surface area contributed by atoms with Crippen LogP contribution in [0.1, 0.15) is 0 Å². The van der Waals surface area contributed by atoms with E-state index in [1.165, 1.54) is 51.5 Å². The Labute approximate surface area is 308 Å². The van der Waals surface area contributed by atoms with E-state index in [2.05, 4.69) is 169 Å². The highest BCUT2D eigenvalue weighted by Crippen LogP contribution is 2.42. The zero-order valence-corrected chi connectivity index (χ0v) is 29.5. The Bertz CT molecular complexity index is 3130. The van der Waals surface area contributed by atoms with Gasteiger partial charge in [0.15, 0.2) is 0 Å². The first-order valence-electron chi connectivity index (χ1n) is 17.5. The van der Waals surface area contributed by atoms with Gasteiger partial charge in [0.1, 0.15) is 11.2 Å². The molecule has 3 heterocycles. The van der Waals surface area contributed by atoms with Crippen LogP contribution in [0.4, 0.5) is 17.1 Å². The molecule has 52 heavy (non-hydrogen) atoms. The summed E-state index contributed by atoms with van der Waals surface area (Å²) in [5.74, 6) is 0. The van der Waals surface area contributed by atoms with Crippen molar-refractivity contribution < 1.29 is 4.42 Å². The van der Waals surface area contributed by atoms with E-state index in [0.29, 0.717) is 0 Å². The summed E-state index contributed by atoms with van der Waals surface area (Å²) in [5, 5.41) is 7.55. The standard InChI is InChI=1S/C48H29NOS2/c1-4-10-43-37(7-1)38-24-17-33(28-44(38)50-43)31-15-21-35(22-16-31)49(36-23-25-41-39-8-2-5-11-45(39)52-48(41)29-36)34-19-13-30(14-20-34)32-18-26-47-42(27-32)40-9-3-6-12-46(40)51-47/h1-29H. The zero-order chi connectivity index (χ0) is 34.2. The monoisotopic (exact) mass is 699 g/mol. The predicted molar refractivity (Wildman–Crippen MR) is 225 cm³/mol. The number of para-hydroxylation sites is 1. The molecule has 0 aliphatic rings. The number of hydrogen-bond donors (Lipinski definition) is 0. The van der Waals surface area contributed by atoms with Crippen molar-refractivity contribution in [3.05, 3.63) is 176 Å². The summed E-state index contributed by atoms with van der Waals surface area (Å²) in [5.41, 5.74) is 9.90. The smallest absolute Gasteiger partial charge is 0.136 e. The molecule has 0 unspecified atom stereocenters. The fourth-order valence-electron chi connectivity index (χ4n) is 7.72. The molecular weight excluding hydrogens is 671 g/mol. The van der Waals surface area contributed by atoms with Crippen molar-refractivity contribution in [2.75, 3.05) is 4.90 Å². The second-order valence-electron chi connectivity index (χ2n) is 13.3. The molecular formula is C48H29NOS2. The van der Waals surface area contributed by atoms with Gasteiger partial charge in [-0.3, -0.25) is 0 Å². The minimum Gasteiger partial charge on any atom is -0.456 e. The summed E-state index contributed by atoms with van der Waals surface area (Å²) in [6, 6.07) is 63.8. The lowest BCUT2D eigenvalue weighted by Crippen LogP contribution is -2.09. The summed E-state index contributed by atoms with van der Waals surface area (Å²) in [4.78, 5) is 2.37. The molecule has 0 aliphatic heterocycles. The molecule has 11 aromatic rings. The normalized spacial score (nSPS) is 11.8. The number of anilines is 3. The minimum absolute atomic E-state index is 0.910. The molecule has 11 rings (SSSR count). The van der Waals surface area contributed by atoms with Crippen molar-refractivity contribution in [3.8, 4) is 22.3 Å². The topological polar surface area (TPSA) is 16.4 Å². The average molecular weight is 700 g/mol. The number of hydrogen-bond acceptors (Lipinski definition) is 4. The predicted octanol–water partition coefficient (Wildman–Crippen LogP) is 15.1. The van der Waals surface area contributed by atoms with Crippen LogP contribution in [0.3, 0.4) is 0 Å². The third kappa shape index (κ3) is 4.76. The number of fused-ring (bicyclic) bond motifs is 9. The minimum atomic E-state index is 0.910. The Kier molecular flexibility index (Phi) is 6.63. The third-order valence-electron chi connectivity index (χ3n) is 10.3. The number of thiophene rings is 2. The van der Waals surface area contributed by atoms with Gasteiger partial charge in [-0.25, -0.2) is 0 Å². The molecule has 8 aromatic carbocycles. The molecule has 0 fully saturated rings. The molecule has 244 valence electrons. The molecule has 0 N–H and O–H groups in total. The van der Waals surface area contributed by atoms with Crippen molar-refractivity contribution >= 4 is 102 Å². The zero-order valence-electron chi connectivity index (χ0n) is 27.9. The molecule has 0 saturated heterocycles. The molecule has 4 heteroatoms. The lowest BCUT2D eigenvalue weighted by atomic mass is 10.0. The Morgan fingerprint density at radius 3 is 1.52 bits per heavy atom. The van der Waals surface area contributed by atoms with Crippen molar-refractivity contribution in [1.29, 1.82) is 0 Å². The summed E-state index contributed by atoms with van der Waals surface area (Å²) in [7, 11) is 0. The van der Waals surface area contributed by atoms with E-state index in [-0.39, 0.29) is 0 Å². The Hall–Kier alpha value is -6.20. The summed E-state index contributed by atoms with van der Waals surface area (Å²) in [6.07, 6.45) is 0. The first kappa shape index (κ1) is 29.5. The molecule has 0 amide bonds. The third-order valence-corrected chi connectivity index (χ3v) is 12.6. The first-order valence-corrected chi connectivity index (χ1v) is 19.1. The highest BCUT2D eigenvalue weighted by Gasteiger charge is 2.16. The van der Waals surface area contributed by atoms with Gasteiger partial charge in [0.05, 0.1) is 0 Å². The van der Waals surface area contributed by atoms with Crippen LogP contribution in [-0.2, 0) is 0 Å². The SMILES string of the molecule is c1ccc2c(c1)oc1cc(-c3ccc(N(c4ccc(-c5ccc6sc7ccccc7c6c5)cc4)c4ccc5c(c4)sc4ccccc45)cc3)ccc12. The van der Waals surface area contributed by atoms with E-state index in [0.717, 1.165) is 50.1 Å². The maximum Gasteiger partial charge on any atom is 0.136 e. The number of benzene rings is 8. The lowest BCUT2D eigenvalue weighted by molar-refractivity contribution is 0.669. The van der Waals surface area contributed by atoms with Crippen LogP contribution >= 0.6 is 22.7 Å². The highest BCUT2D eigenvalue weighted by atomic mass is 32.1. The summed E-state index contributed by atoms with van der Waals surface area (Å²) >= 11 is 3.71. The van der Waals surface area contributed by atoms with Gasteiger partial charge in [0.2, 0.25) is 0 Å². The second-order valence-corrected chi connectivity index (χ2v) is 15.5. The van der Waals surface area contributed by atoms with Gasteiger partial charge >= 0.3 is 0 Å². The molecule has 0 atom stereocenters. The van der Waals surface area contributed by atoms with Crippen molar-refractivity contribution in [1.82, 2.24) is 0 Å². The van der Waals surface area contributed by atoms with Gasteiger partial charge in [-0.2, -0.15) is 0 Å². The maximum absolute atomic E-state index is 6.22. The van der Waals surface area contributed by atoms with Crippen LogP contribution in [0.5, 0.6) is 0 Å². The van der Waals surface area contributed by atoms with Gasteiger partial charge < -0.3 is 9.32 Å². The molecule has 0 aliphatic carbocycles. The van der Waals surface area contributed by atoms with E-state index < -0.39 is 0 Å². The quantitative estimate of drug-likeness (QED) is 0.178. The Balaban J connectivity index is 0.998. The van der Waals surface area contributed by atoms with E-state index in [1.807, 2.05) is 34.8 Å². The molecule has 0 saturated carbocycles. The lowest BCUT2D eigenvalue weighted by Gasteiger charge is -2.26. The van der Waals surface area contributed by atoms with E-state index in [1.54, 1.807) is 0 Å². The van der Waals surface area contributed by atoms with E-state index in [9.17, 15) is 0 Å². The van der Waals surface area contributed by atoms with Crippen molar-refractivity contribution in [2.45, 2.75) is 0 Å². The molecule has 0 spiro atoms. The summed E-state index contributed by atoms with van der Waals surface area (Å²) in [6.45, 7) is 0. The van der Waals surface area contributed by atoms with Crippen LogP contribution in [0.25, 0.3) is 84.5 Å². The number of nitrogens with zero attached hydrogens (tertiary/aromatic N) is 1. The Morgan fingerprint density at radius 2 is 0.788 bits per heavy atom. The molecule has 0 bridgehead atoms. The van der Waals surface area contributed by atoms with Crippen molar-refractivity contribution in [3.63, 3.8) is 0 Å². The average Bonchev–Trinajstić information content (AvgIpc) is 3.89. The van der Waals surface area contributed by atoms with E-state index in [4.69, 9.17) is 4.42 Å². The van der Waals surface area contributed by atoms with Crippen LogP contribution in [-0.4, -0.2) is 0 Å². The maximum atomic E-state index is 6.22. The van der Waals surface area contributed by atoms with Crippen LogP contribution < -0.4 is 4.90 Å². The van der Waals surface area contributed by atoms with Gasteiger partial charge in [-0.05, 0) is 101 Å². The first-order chi connectivity index (χ1) is 25.7. The van der Waals surface area contributed by atoms with Gasteiger partial charge in [-0.1, -0.05) is 97.1 Å². The van der Waals surface area contributed by atoms with Crippen LogP contribution in [0, 0.1) is 0 Å². The summed E-state index contributed by atoms with van der Waals surface area (Å²) < 4.78 is 11.5. The Morgan fingerprint density at radius 1 is 0.308 bits per heavy atom. The second kappa shape index (κ2) is 11.7. The van der Waals surface area contributed by atoms with Gasteiger partial charge in [-0.15, -0.1) is 22.7 Å².